The molecular weight excluding hydrogens is 366 g/mol. The first-order valence-electron chi connectivity index (χ1n) is 11.3. The Labute approximate surface area is 174 Å². The van der Waals surface area contributed by atoms with Gasteiger partial charge in [-0.1, -0.05) is 36.8 Å². The summed E-state index contributed by atoms with van der Waals surface area (Å²) < 4.78 is 6.23. The Morgan fingerprint density at radius 2 is 1.69 bits per heavy atom. The smallest absolute Gasteiger partial charge is 0.237 e. The van der Waals surface area contributed by atoms with Gasteiger partial charge in [-0.25, -0.2) is 0 Å². The van der Waals surface area contributed by atoms with Crippen molar-refractivity contribution in [3.8, 4) is 0 Å². The number of amides is 1. The van der Waals surface area contributed by atoms with E-state index >= 15 is 0 Å². The van der Waals surface area contributed by atoms with Crippen LogP contribution in [0.15, 0.2) is 30.3 Å². The second-order valence-corrected chi connectivity index (χ2v) is 8.72. The number of likely N-dealkylation sites (tertiary alicyclic amines) is 2. The summed E-state index contributed by atoms with van der Waals surface area (Å²) in [5, 5.41) is 9.82. The van der Waals surface area contributed by atoms with Gasteiger partial charge in [-0.3, -0.25) is 9.69 Å². The van der Waals surface area contributed by atoms with Gasteiger partial charge in [0.2, 0.25) is 5.91 Å². The van der Waals surface area contributed by atoms with Gasteiger partial charge >= 0.3 is 0 Å². The average Bonchev–Trinajstić information content (AvgIpc) is 2.76. The van der Waals surface area contributed by atoms with E-state index in [2.05, 4.69) is 26.8 Å². The van der Waals surface area contributed by atoms with Crippen molar-refractivity contribution >= 4 is 5.91 Å². The second-order valence-electron chi connectivity index (χ2n) is 8.72. The molecule has 0 saturated carbocycles. The van der Waals surface area contributed by atoms with Gasteiger partial charge in [0.1, 0.15) is 0 Å². The molecule has 3 aliphatic heterocycles. The molecule has 160 valence electrons. The lowest BCUT2D eigenvalue weighted by Gasteiger charge is -2.44. The first-order valence-corrected chi connectivity index (χ1v) is 11.3. The molecule has 6 nitrogen and oxygen atoms in total. The molecule has 3 fully saturated rings. The van der Waals surface area contributed by atoms with E-state index in [0.29, 0.717) is 19.7 Å². The molecule has 1 amide bonds. The van der Waals surface area contributed by atoms with Gasteiger partial charge in [0.25, 0.3) is 0 Å². The van der Waals surface area contributed by atoms with Gasteiger partial charge in [-0.15, -0.1) is 0 Å². The maximum atomic E-state index is 13.3. The molecule has 3 heterocycles. The number of ether oxygens (including phenoxy) is 1. The Bertz CT molecular complexity index is 642. The van der Waals surface area contributed by atoms with Crippen molar-refractivity contribution in [2.75, 3.05) is 52.4 Å². The minimum atomic E-state index is -0.175. The molecule has 3 saturated heterocycles. The Hall–Kier alpha value is -1.47. The Morgan fingerprint density at radius 1 is 0.966 bits per heavy atom. The van der Waals surface area contributed by atoms with Gasteiger partial charge in [0.15, 0.2) is 0 Å². The van der Waals surface area contributed by atoms with Gasteiger partial charge in [-0.2, -0.15) is 0 Å². The summed E-state index contributed by atoms with van der Waals surface area (Å²) in [6.45, 7) is 6.43. The van der Waals surface area contributed by atoms with Crippen molar-refractivity contribution in [1.82, 2.24) is 14.7 Å². The molecule has 0 aliphatic carbocycles. The zero-order chi connectivity index (χ0) is 20.1. The lowest BCUT2D eigenvalue weighted by molar-refractivity contribution is -0.150. The summed E-state index contributed by atoms with van der Waals surface area (Å²) in [5.41, 5.74) is 1.15. The maximum absolute atomic E-state index is 13.3. The van der Waals surface area contributed by atoms with Gasteiger partial charge in [-0.05, 0) is 44.3 Å². The van der Waals surface area contributed by atoms with Crippen molar-refractivity contribution in [3.05, 3.63) is 35.9 Å². The number of piperidine rings is 2. The number of hydrogen-bond acceptors (Lipinski definition) is 5. The molecule has 2 atom stereocenters. The van der Waals surface area contributed by atoms with Gasteiger partial charge < -0.3 is 19.6 Å². The SMILES string of the molecule is O=C(CN1CCCCC1)N1CCO[C@@H](CN2CCC(O)CC2)[C@@H]1c1ccccc1. The van der Waals surface area contributed by atoms with Crippen LogP contribution in [-0.2, 0) is 9.53 Å². The Balaban J connectivity index is 1.49. The van der Waals surface area contributed by atoms with Crippen LogP contribution in [0.1, 0.15) is 43.7 Å². The zero-order valence-electron chi connectivity index (χ0n) is 17.4. The number of carbonyl (C=O) groups is 1. The molecule has 3 aliphatic rings. The predicted octanol–water partition coefficient (Wildman–Crippen LogP) is 1.90. The zero-order valence-corrected chi connectivity index (χ0v) is 17.4. The summed E-state index contributed by atoms with van der Waals surface area (Å²) in [7, 11) is 0. The van der Waals surface area contributed by atoms with Crippen LogP contribution in [0.25, 0.3) is 0 Å². The van der Waals surface area contributed by atoms with Crippen LogP contribution < -0.4 is 0 Å². The molecule has 0 radical (unpaired) electrons. The van der Waals surface area contributed by atoms with Crippen molar-refractivity contribution in [2.24, 2.45) is 0 Å². The quantitative estimate of drug-likeness (QED) is 0.817. The van der Waals surface area contributed by atoms with Crippen LogP contribution >= 0.6 is 0 Å². The molecular formula is C23H35N3O3. The number of hydrogen-bond donors (Lipinski definition) is 1. The fourth-order valence-corrected chi connectivity index (χ4v) is 4.97. The highest BCUT2D eigenvalue weighted by atomic mass is 16.5. The predicted molar refractivity (Wildman–Crippen MR) is 113 cm³/mol. The van der Waals surface area contributed by atoms with Crippen molar-refractivity contribution < 1.29 is 14.6 Å². The highest BCUT2D eigenvalue weighted by Gasteiger charge is 2.38. The number of nitrogens with zero attached hydrogens (tertiary/aromatic N) is 3. The van der Waals surface area contributed by atoms with Crippen LogP contribution in [0, 0.1) is 0 Å². The van der Waals surface area contributed by atoms with Crippen molar-refractivity contribution in [1.29, 1.82) is 0 Å². The second kappa shape index (κ2) is 10.0. The third-order valence-corrected chi connectivity index (χ3v) is 6.62. The molecule has 1 N–H and O–H groups in total. The van der Waals surface area contributed by atoms with E-state index in [1.807, 2.05) is 18.2 Å². The lowest BCUT2D eigenvalue weighted by Crippen LogP contribution is -2.54. The third kappa shape index (κ3) is 5.37. The van der Waals surface area contributed by atoms with E-state index in [4.69, 9.17) is 4.74 Å². The number of morpholine rings is 1. The standard InChI is InChI=1S/C23H35N3O3/c27-20-9-13-25(14-10-20)17-21-23(19-7-3-1-4-8-19)26(15-16-29-21)22(28)18-24-11-5-2-6-12-24/h1,3-4,7-8,20-21,23,27H,2,5-6,9-18H2/t21-,23-/m0/s1. The third-order valence-electron chi connectivity index (χ3n) is 6.62. The number of carbonyl (C=O) groups excluding carboxylic acids is 1. The molecule has 0 spiro atoms. The maximum Gasteiger partial charge on any atom is 0.237 e. The molecule has 29 heavy (non-hydrogen) atoms. The molecule has 0 bridgehead atoms. The first kappa shape index (κ1) is 20.8. The van der Waals surface area contributed by atoms with Crippen LogP contribution in [0.3, 0.4) is 0 Å². The normalized spacial score (nSPS) is 27.8. The van der Waals surface area contributed by atoms with Crippen molar-refractivity contribution in [2.45, 2.75) is 50.4 Å². The van der Waals surface area contributed by atoms with Crippen molar-refractivity contribution in [3.63, 3.8) is 0 Å². The largest absolute Gasteiger partial charge is 0.393 e. The highest BCUT2D eigenvalue weighted by molar-refractivity contribution is 5.79. The van der Waals surface area contributed by atoms with Gasteiger partial charge in [0.05, 0.1) is 31.4 Å². The fourth-order valence-electron chi connectivity index (χ4n) is 4.97. The summed E-state index contributed by atoms with van der Waals surface area (Å²) >= 11 is 0. The van der Waals surface area contributed by atoms with E-state index in [1.54, 1.807) is 0 Å². The topological polar surface area (TPSA) is 56.2 Å². The van der Waals surface area contributed by atoms with E-state index in [9.17, 15) is 9.90 Å². The molecule has 1 aromatic rings. The van der Waals surface area contributed by atoms with E-state index in [0.717, 1.165) is 51.1 Å². The first-order chi connectivity index (χ1) is 14.2. The monoisotopic (exact) mass is 401 g/mol. The van der Waals surface area contributed by atoms with Crippen LogP contribution in [-0.4, -0.2) is 90.3 Å². The molecule has 4 rings (SSSR count). The van der Waals surface area contributed by atoms with Crippen LogP contribution in [0.5, 0.6) is 0 Å². The Morgan fingerprint density at radius 3 is 2.41 bits per heavy atom. The summed E-state index contributed by atoms with van der Waals surface area (Å²) in [5.74, 6) is 0.225. The molecule has 6 heteroatoms. The van der Waals surface area contributed by atoms with E-state index in [1.165, 1.54) is 19.3 Å². The number of aliphatic hydroxyl groups is 1. The number of rotatable bonds is 5. The lowest BCUT2D eigenvalue weighted by atomic mass is 9.96. The number of benzene rings is 1. The fraction of sp³-hybridized carbons (Fsp3) is 0.696. The van der Waals surface area contributed by atoms with Gasteiger partial charge in [0, 0.05) is 26.2 Å². The van der Waals surface area contributed by atoms with E-state index in [-0.39, 0.29) is 24.2 Å². The number of aliphatic hydroxyl groups excluding tert-OH is 1. The minimum absolute atomic E-state index is 0.0355. The summed E-state index contributed by atoms with van der Waals surface area (Å²) in [4.78, 5) is 20.1. The van der Waals surface area contributed by atoms with Crippen LogP contribution in [0.2, 0.25) is 0 Å². The average molecular weight is 402 g/mol. The highest BCUT2D eigenvalue weighted by Crippen LogP contribution is 2.31. The van der Waals surface area contributed by atoms with Crippen LogP contribution in [0.4, 0.5) is 0 Å². The molecule has 0 unspecified atom stereocenters. The molecule has 1 aromatic carbocycles. The minimum Gasteiger partial charge on any atom is -0.393 e. The molecule has 0 aromatic heterocycles. The Kier molecular flexibility index (Phi) is 7.19. The summed E-state index contributed by atoms with van der Waals surface area (Å²) in [6.07, 6.45) is 5.10. The summed E-state index contributed by atoms with van der Waals surface area (Å²) in [6, 6.07) is 10.3. The van der Waals surface area contributed by atoms with E-state index < -0.39 is 0 Å².